The Morgan fingerprint density at radius 2 is 1.67 bits per heavy atom. The number of carboxylic acid groups (broad SMARTS) is 1. The van der Waals surface area contributed by atoms with Crippen LogP contribution in [0.4, 0.5) is 0 Å². The Bertz CT molecular complexity index is 485. The highest BCUT2D eigenvalue weighted by molar-refractivity contribution is 5.86. The van der Waals surface area contributed by atoms with Crippen LogP contribution < -0.4 is 14.8 Å². The molecule has 0 radical (unpaired) electrons. The van der Waals surface area contributed by atoms with Crippen molar-refractivity contribution in [2.24, 2.45) is 0 Å². The molecule has 0 aromatic heterocycles. The molecule has 0 bridgehead atoms. The standard InChI is InChI=1S/C14H19NO6/c1-8(16)12(14(18)19)15-13(17)9(2)21-11-6-4-10(20-3)5-7-11/h4-9,12,16H,1-3H3,(H,15,17)(H,18,19). The van der Waals surface area contributed by atoms with Crippen molar-refractivity contribution in [3.63, 3.8) is 0 Å². The van der Waals surface area contributed by atoms with Gasteiger partial charge in [0.15, 0.2) is 12.1 Å². The van der Waals surface area contributed by atoms with E-state index < -0.39 is 30.1 Å². The van der Waals surface area contributed by atoms with Crippen LogP contribution in [0.15, 0.2) is 24.3 Å². The summed E-state index contributed by atoms with van der Waals surface area (Å²) in [4.78, 5) is 22.8. The monoisotopic (exact) mass is 297 g/mol. The number of ether oxygens (including phenoxy) is 2. The molecule has 0 saturated carbocycles. The lowest BCUT2D eigenvalue weighted by Crippen LogP contribution is -2.51. The van der Waals surface area contributed by atoms with Gasteiger partial charge < -0.3 is 25.0 Å². The summed E-state index contributed by atoms with van der Waals surface area (Å²) >= 11 is 0. The van der Waals surface area contributed by atoms with Gasteiger partial charge >= 0.3 is 5.97 Å². The number of rotatable bonds is 7. The summed E-state index contributed by atoms with van der Waals surface area (Å²) in [6.45, 7) is 2.77. The van der Waals surface area contributed by atoms with Gasteiger partial charge in [-0.25, -0.2) is 4.79 Å². The van der Waals surface area contributed by atoms with Gasteiger partial charge in [0.2, 0.25) is 0 Å². The average Bonchev–Trinajstić information content (AvgIpc) is 2.44. The molecular weight excluding hydrogens is 278 g/mol. The number of methoxy groups -OCH3 is 1. The maximum atomic E-state index is 11.9. The second-order valence-electron chi connectivity index (χ2n) is 4.50. The van der Waals surface area contributed by atoms with Gasteiger partial charge in [0.1, 0.15) is 11.5 Å². The van der Waals surface area contributed by atoms with Crippen molar-refractivity contribution in [2.75, 3.05) is 7.11 Å². The SMILES string of the molecule is COc1ccc(OC(C)C(=O)NC(C(=O)O)C(C)O)cc1. The van der Waals surface area contributed by atoms with Gasteiger partial charge in [-0.2, -0.15) is 0 Å². The molecule has 3 unspecified atom stereocenters. The van der Waals surface area contributed by atoms with E-state index in [2.05, 4.69) is 5.32 Å². The van der Waals surface area contributed by atoms with Crippen LogP contribution in [0.3, 0.4) is 0 Å². The summed E-state index contributed by atoms with van der Waals surface area (Å²) < 4.78 is 10.4. The second-order valence-corrected chi connectivity index (χ2v) is 4.50. The quantitative estimate of drug-likeness (QED) is 0.673. The molecule has 0 aliphatic carbocycles. The van der Waals surface area contributed by atoms with Gasteiger partial charge in [-0.15, -0.1) is 0 Å². The number of hydrogen-bond acceptors (Lipinski definition) is 5. The number of aliphatic carboxylic acids is 1. The Morgan fingerprint density at radius 1 is 1.14 bits per heavy atom. The number of carbonyl (C=O) groups excluding carboxylic acids is 1. The Hall–Kier alpha value is -2.28. The van der Waals surface area contributed by atoms with Gasteiger partial charge in [-0.3, -0.25) is 4.79 Å². The van der Waals surface area contributed by atoms with Crippen molar-refractivity contribution in [1.82, 2.24) is 5.32 Å². The molecule has 0 aliphatic heterocycles. The smallest absolute Gasteiger partial charge is 0.328 e. The van der Waals surface area contributed by atoms with E-state index in [1.54, 1.807) is 24.3 Å². The zero-order chi connectivity index (χ0) is 16.0. The summed E-state index contributed by atoms with van der Waals surface area (Å²) in [6.07, 6.45) is -2.11. The van der Waals surface area contributed by atoms with Crippen molar-refractivity contribution >= 4 is 11.9 Å². The fraction of sp³-hybridized carbons (Fsp3) is 0.429. The molecule has 7 nitrogen and oxygen atoms in total. The number of benzene rings is 1. The first kappa shape index (κ1) is 16.8. The van der Waals surface area contributed by atoms with E-state index in [-0.39, 0.29) is 0 Å². The zero-order valence-corrected chi connectivity index (χ0v) is 12.1. The van der Waals surface area contributed by atoms with E-state index in [9.17, 15) is 14.7 Å². The van der Waals surface area contributed by atoms with E-state index in [0.717, 1.165) is 0 Å². The van der Waals surface area contributed by atoms with Crippen molar-refractivity contribution < 1.29 is 29.3 Å². The van der Waals surface area contributed by atoms with Crippen LogP contribution in [0, 0.1) is 0 Å². The molecule has 0 fully saturated rings. The normalized spacial score (nSPS) is 14.7. The van der Waals surface area contributed by atoms with Gasteiger partial charge in [-0.05, 0) is 38.1 Å². The van der Waals surface area contributed by atoms with Crippen LogP contribution in [0.5, 0.6) is 11.5 Å². The highest BCUT2D eigenvalue weighted by Gasteiger charge is 2.27. The lowest BCUT2D eigenvalue weighted by molar-refractivity contribution is -0.145. The first-order valence-electron chi connectivity index (χ1n) is 6.37. The molecule has 1 rings (SSSR count). The number of amides is 1. The van der Waals surface area contributed by atoms with Crippen LogP contribution in [0.1, 0.15) is 13.8 Å². The molecule has 0 saturated heterocycles. The van der Waals surface area contributed by atoms with E-state index >= 15 is 0 Å². The number of carboxylic acids is 1. The first-order valence-corrected chi connectivity index (χ1v) is 6.37. The largest absolute Gasteiger partial charge is 0.497 e. The Kier molecular flexibility index (Phi) is 5.98. The third kappa shape index (κ3) is 4.96. The summed E-state index contributed by atoms with van der Waals surface area (Å²) in [5.41, 5.74) is 0. The highest BCUT2D eigenvalue weighted by Crippen LogP contribution is 2.18. The van der Waals surface area contributed by atoms with Crippen LogP contribution in [-0.2, 0) is 9.59 Å². The average molecular weight is 297 g/mol. The highest BCUT2D eigenvalue weighted by atomic mass is 16.5. The number of aliphatic hydroxyl groups is 1. The molecule has 0 heterocycles. The van der Waals surface area contributed by atoms with E-state index in [1.165, 1.54) is 21.0 Å². The van der Waals surface area contributed by atoms with Crippen molar-refractivity contribution in [3.8, 4) is 11.5 Å². The van der Waals surface area contributed by atoms with Crippen molar-refractivity contribution in [2.45, 2.75) is 32.1 Å². The summed E-state index contributed by atoms with van der Waals surface area (Å²) in [5, 5.41) is 20.4. The molecule has 0 aliphatic rings. The van der Waals surface area contributed by atoms with Gasteiger partial charge in [0.25, 0.3) is 5.91 Å². The summed E-state index contributed by atoms with van der Waals surface area (Å²) in [7, 11) is 1.54. The van der Waals surface area contributed by atoms with Crippen molar-refractivity contribution in [3.05, 3.63) is 24.3 Å². The van der Waals surface area contributed by atoms with E-state index in [0.29, 0.717) is 11.5 Å². The molecule has 3 N–H and O–H groups in total. The van der Waals surface area contributed by atoms with E-state index in [4.69, 9.17) is 14.6 Å². The maximum Gasteiger partial charge on any atom is 0.328 e. The minimum Gasteiger partial charge on any atom is -0.497 e. The van der Waals surface area contributed by atoms with Crippen LogP contribution in [0.25, 0.3) is 0 Å². The fourth-order valence-electron chi connectivity index (χ4n) is 1.57. The number of carbonyl (C=O) groups is 2. The predicted molar refractivity (Wildman–Crippen MR) is 74.3 cm³/mol. The molecule has 3 atom stereocenters. The lowest BCUT2D eigenvalue weighted by Gasteiger charge is -2.20. The van der Waals surface area contributed by atoms with Gasteiger partial charge in [0, 0.05) is 0 Å². The molecule has 7 heteroatoms. The predicted octanol–water partition coefficient (Wildman–Crippen LogP) is 0.413. The van der Waals surface area contributed by atoms with Crippen LogP contribution in [-0.4, -0.2) is 47.4 Å². The van der Waals surface area contributed by atoms with Crippen LogP contribution in [0.2, 0.25) is 0 Å². The Balaban J connectivity index is 2.63. The Labute approximate surface area is 122 Å². The molecule has 1 amide bonds. The van der Waals surface area contributed by atoms with Gasteiger partial charge in [0.05, 0.1) is 13.2 Å². The fourth-order valence-corrected chi connectivity index (χ4v) is 1.57. The number of hydrogen-bond donors (Lipinski definition) is 3. The zero-order valence-electron chi connectivity index (χ0n) is 12.1. The van der Waals surface area contributed by atoms with E-state index in [1.807, 2.05) is 0 Å². The van der Waals surface area contributed by atoms with Crippen molar-refractivity contribution in [1.29, 1.82) is 0 Å². The molecule has 21 heavy (non-hydrogen) atoms. The molecule has 1 aromatic rings. The lowest BCUT2D eigenvalue weighted by atomic mass is 10.2. The summed E-state index contributed by atoms with van der Waals surface area (Å²) in [6, 6.07) is 5.24. The molecule has 0 spiro atoms. The molecule has 116 valence electrons. The minimum atomic E-state index is -1.38. The van der Waals surface area contributed by atoms with Gasteiger partial charge in [-0.1, -0.05) is 0 Å². The number of aliphatic hydroxyl groups excluding tert-OH is 1. The van der Waals surface area contributed by atoms with Crippen LogP contribution >= 0.6 is 0 Å². The third-order valence-electron chi connectivity index (χ3n) is 2.79. The topological polar surface area (TPSA) is 105 Å². The minimum absolute atomic E-state index is 0.447. The summed E-state index contributed by atoms with van der Waals surface area (Å²) in [5.74, 6) is -0.837. The molecule has 1 aromatic carbocycles. The maximum absolute atomic E-state index is 11.9. The molecular formula is C14H19NO6. The first-order chi connectivity index (χ1) is 9.85. The third-order valence-corrected chi connectivity index (χ3v) is 2.79. The second kappa shape index (κ2) is 7.49. The number of nitrogens with one attached hydrogen (secondary N) is 1. The Morgan fingerprint density at radius 3 is 2.10 bits per heavy atom.